The molecule has 0 saturated heterocycles. The van der Waals surface area contributed by atoms with Crippen molar-refractivity contribution in [2.45, 2.75) is 33.1 Å². The molecule has 0 spiro atoms. The molecule has 0 aliphatic carbocycles. The monoisotopic (exact) mass is 274 g/mol. The first-order valence-electron chi connectivity index (χ1n) is 6.54. The minimum Gasteiger partial charge on any atom is -0.459 e. The van der Waals surface area contributed by atoms with E-state index in [0.29, 0.717) is 5.89 Å². The lowest BCUT2D eigenvalue weighted by Gasteiger charge is -2.21. The SMILES string of the molecule is CCOC(=O)c1nnc(-c2ccccc2C(C)(C)C)o1. The second kappa shape index (κ2) is 5.45. The minimum absolute atomic E-state index is 0.0604. The summed E-state index contributed by atoms with van der Waals surface area (Å²) in [5.74, 6) is -0.386. The average molecular weight is 274 g/mol. The molecule has 0 atom stereocenters. The van der Waals surface area contributed by atoms with E-state index >= 15 is 0 Å². The molecule has 2 aromatic rings. The summed E-state index contributed by atoms with van der Waals surface area (Å²) in [6.07, 6.45) is 0. The normalized spacial score (nSPS) is 11.4. The Morgan fingerprint density at radius 3 is 2.60 bits per heavy atom. The van der Waals surface area contributed by atoms with Gasteiger partial charge >= 0.3 is 11.9 Å². The van der Waals surface area contributed by atoms with Crippen LogP contribution in [0.25, 0.3) is 11.5 Å². The van der Waals surface area contributed by atoms with E-state index < -0.39 is 5.97 Å². The smallest absolute Gasteiger partial charge is 0.396 e. The van der Waals surface area contributed by atoms with Crippen molar-refractivity contribution in [3.8, 4) is 11.5 Å². The molecule has 0 aliphatic rings. The molecule has 0 bridgehead atoms. The van der Waals surface area contributed by atoms with E-state index in [9.17, 15) is 4.79 Å². The van der Waals surface area contributed by atoms with Gasteiger partial charge in [0.15, 0.2) is 0 Å². The molecule has 0 unspecified atom stereocenters. The molecule has 1 aromatic carbocycles. The van der Waals surface area contributed by atoms with Crippen LogP contribution in [0.15, 0.2) is 28.7 Å². The molecular weight excluding hydrogens is 256 g/mol. The summed E-state index contributed by atoms with van der Waals surface area (Å²) in [4.78, 5) is 11.6. The highest BCUT2D eigenvalue weighted by Gasteiger charge is 2.23. The Bertz CT molecular complexity index is 612. The highest BCUT2D eigenvalue weighted by molar-refractivity contribution is 5.84. The van der Waals surface area contributed by atoms with Gasteiger partial charge in [-0.25, -0.2) is 4.79 Å². The van der Waals surface area contributed by atoms with E-state index in [1.54, 1.807) is 6.92 Å². The zero-order valence-electron chi connectivity index (χ0n) is 12.1. The number of carbonyl (C=O) groups excluding carboxylic acids is 1. The van der Waals surface area contributed by atoms with Crippen LogP contribution in [0.5, 0.6) is 0 Å². The highest BCUT2D eigenvalue weighted by atomic mass is 16.5. The van der Waals surface area contributed by atoms with E-state index in [1.807, 2.05) is 24.3 Å². The third kappa shape index (κ3) is 2.87. The lowest BCUT2D eigenvalue weighted by atomic mass is 9.84. The van der Waals surface area contributed by atoms with Crippen LogP contribution >= 0.6 is 0 Å². The molecule has 2 rings (SSSR count). The maximum atomic E-state index is 11.6. The molecule has 5 nitrogen and oxygen atoms in total. The maximum absolute atomic E-state index is 11.6. The van der Waals surface area contributed by atoms with Gasteiger partial charge < -0.3 is 9.15 Å². The lowest BCUT2D eigenvalue weighted by molar-refractivity contribution is 0.0481. The fourth-order valence-electron chi connectivity index (χ4n) is 1.93. The van der Waals surface area contributed by atoms with Gasteiger partial charge in [-0.15, -0.1) is 10.2 Å². The Hall–Kier alpha value is -2.17. The zero-order valence-corrected chi connectivity index (χ0v) is 12.1. The fraction of sp³-hybridized carbons (Fsp3) is 0.400. The summed E-state index contributed by atoms with van der Waals surface area (Å²) in [6, 6.07) is 7.79. The van der Waals surface area contributed by atoms with E-state index in [1.165, 1.54) is 0 Å². The Balaban J connectivity index is 2.41. The highest BCUT2D eigenvalue weighted by Crippen LogP contribution is 2.32. The molecule has 5 heteroatoms. The number of carbonyl (C=O) groups is 1. The molecule has 0 radical (unpaired) electrons. The van der Waals surface area contributed by atoms with Gasteiger partial charge in [-0.2, -0.15) is 0 Å². The van der Waals surface area contributed by atoms with Crippen molar-refractivity contribution in [3.63, 3.8) is 0 Å². The van der Waals surface area contributed by atoms with Crippen LogP contribution in [0.3, 0.4) is 0 Å². The van der Waals surface area contributed by atoms with Gasteiger partial charge in [-0.05, 0) is 24.0 Å². The van der Waals surface area contributed by atoms with Gasteiger partial charge in [0.2, 0.25) is 5.89 Å². The van der Waals surface area contributed by atoms with Crippen LogP contribution in [0.2, 0.25) is 0 Å². The molecule has 1 heterocycles. The molecular formula is C15H18N2O3. The molecule has 0 fully saturated rings. The third-order valence-electron chi connectivity index (χ3n) is 2.84. The average Bonchev–Trinajstić information content (AvgIpc) is 2.87. The number of hydrogen-bond donors (Lipinski definition) is 0. The third-order valence-corrected chi connectivity index (χ3v) is 2.84. The molecule has 0 aliphatic heterocycles. The molecule has 0 saturated carbocycles. The van der Waals surface area contributed by atoms with Gasteiger partial charge in [0.05, 0.1) is 6.61 Å². The first-order valence-corrected chi connectivity index (χ1v) is 6.54. The first-order chi connectivity index (χ1) is 9.43. The predicted molar refractivity (Wildman–Crippen MR) is 74.4 cm³/mol. The van der Waals surface area contributed by atoms with Crippen molar-refractivity contribution in [1.82, 2.24) is 10.2 Å². The first kappa shape index (κ1) is 14.2. The van der Waals surface area contributed by atoms with Crippen LogP contribution in [0.4, 0.5) is 0 Å². The molecule has 0 N–H and O–H groups in total. The Morgan fingerprint density at radius 2 is 1.95 bits per heavy atom. The number of benzene rings is 1. The van der Waals surface area contributed by atoms with Gasteiger partial charge in [-0.1, -0.05) is 39.0 Å². The minimum atomic E-state index is -0.598. The largest absolute Gasteiger partial charge is 0.459 e. The van der Waals surface area contributed by atoms with E-state index in [0.717, 1.165) is 11.1 Å². The van der Waals surface area contributed by atoms with Crippen molar-refractivity contribution < 1.29 is 13.9 Å². The Morgan fingerprint density at radius 1 is 1.25 bits per heavy atom. The number of hydrogen-bond acceptors (Lipinski definition) is 5. The summed E-state index contributed by atoms with van der Waals surface area (Å²) in [5.41, 5.74) is 1.86. The van der Waals surface area contributed by atoms with Gasteiger partial charge in [0.25, 0.3) is 0 Å². The quantitative estimate of drug-likeness (QED) is 0.804. The number of nitrogens with zero attached hydrogens (tertiary/aromatic N) is 2. The second-order valence-electron chi connectivity index (χ2n) is 5.43. The van der Waals surface area contributed by atoms with Gasteiger partial charge in [0, 0.05) is 5.56 Å². The second-order valence-corrected chi connectivity index (χ2v) is 5.43. The van der Waals surface area contributed by atoms with Gasteiger partial charge in [0.1, 0.15) is 0 Å². The zero-order chi connectivity index (χ0) is 14.8. The van der Waals surface area contributed by atoms with Crippen LogP contribution < -0.4 is 0 Å². The Labute approximate surface area is 118 Å². The summed E-state index contributed by atoms with van der Waals surface area (Å²) >= 11 is 0. The number of rotatable bonds is 3. The fourth-order valence-corrected chi connectivity index (χ4v) is 1.93. The summed E-state index contributed by atoms with van der Waals surface area (Å²) in [7, 11) is 0. The van der Waals surface area contributed by atoms with Crippen molar-refractivity contribution in [2.24, 2.45) is 0 Å². The van der Waals surface area contributed by atoms with Crippen LogP contribution in [0, 0.1) is 0 Å². The van der Waals surface area contributed by atoms with Crippen molar-refractivity contribution in [2.75, 3.05) is 6.61 Å². The molecule has 1 aromatic heterocycles. The lowest BCUT2D eigenvalue weighted by Crippen LogP contribution is -2.12. The van der Waals surface area contributed by atoms with Crippen LogP contribution in [0.1, 0.15) is 43.9 Å². The summed E-state index contributed by atoms with van der Waals surface area (Å²) < 4.78 is 10.3. The molecule has 20 heavy (non-hydrogen) atoms. The standard InChI is InChI=1S/C15H18N2O3/c1-5-19-14(18)13-17-16-12(20-13)10-8-6-7-9-11(10)15(2,3)4/h6-9H,5H2,1-4H3. The van der Waals surface area contributed by atoms with E-state index in [-0.39, 0.29) is 17.9 Å². The van der Waals surface area contributed by atoms with Crippen molar-refractivity contribution in [3.05, 3.63) is 35.7 Å². The summed E-state index contributed by atoms with van der Waals surface area (Å²) in [5, 5.41) is 7.69. The van der Waals surface area contributed by atoms with Gasteiger partial charge in [-0.3, -0.25) is 0 Å². The number of esters is 1. The van der Waals surface area contributed by atoms with Crippen molar-refractivity contribution >= 4 is 5.97 Å². The van der Waals surface area contributed by atoms with Crippen molar-refractivity contribution in [1.29, 1.82) is 0 Å². The van der Waals surface area contributed by atoms with E-state index in [4.69, 9.17) is 9.15 Å². The topological polar surface area (TPSA) is 65.2 Å². The number of ether oxygens (including phenoxy) is 1. The molecule has 106 valence electrons. The van der Waals surface area contributed by atoms with E-state index in [2.05, 4.69) is 31.0 Å². The molecule has 0 amide bonds. The maximum Gasteiger partial charge on any atom is 0.396 e. The van der Waals surface area contributed by atoms with Crippen LogP contribution in [-0.2, 0) is 10.2 Å². The number of aromatic nitrogens is 2. The predicted octanol–water partition coefficient (Wildman–Crippen LogP) is 3.21. The Kier molecular flexibility index (Phi) is 3.88. The van der Waals surface area contributed by atoms with Crippen LogP contribution in [-0.4, -0.2) is 22.8 Å². The summed E-state index contributed by atoms with van der Waals surface area (Å²) in [6.45, 7) is 8.32.